The van der Waals surface area contributed by atoms with Crippen molar-refractivity contribution in [2.75, 3.05) is 13.1 Å². The van der Waals surface area contributed by atoms with Gasteiger partial charge in [0.05, 0.1) is 0 Å². The van der Waals surface area contributed by atoms with E-state index in [0.29, 0.717) is 17.5 Å². The Morgan fingerprint density at radius 3 is 2.39 bits per heavy atom. The van der Waals surface area contributed by atoms with Gasteiger partial charge in [0.15, 0.2) is 0 Å². The first kappa shape index (κ1) is 18.6. The van der Waals surface area contributed by atoms with Gasteiger partial charge in [-0.1, -0.05) is 20.8 Å². The Bertz CT molecular complexity index is 410. The number of ether oxygens (including phenoxy) is 1. The second kappa shape index (κ2) is 7.00. The number of amides is 1. The molecule has 2 aliphatic rings. The molecule has 4 nitrogen and oxygen atoms in total. The Labute approximate surface area is 142 Å². The molecular weight excluding hydrogens is 288 g/mol. The molecule has 2 unspecified atom stereocenters. The van der Waals surface area contributed by atoms with Crippen LogP contribution in [0, 0.1) is 11.3 Å². The smallest absolute Gasteiger partial charge is 0.410 e. The molecule has 0 aromatic heterocycles. The van der Waals surface area contributed by atoms with Crippen molar-refractivity contribution >= 4 is 6.09 Å². The van der Waals surface area contributed by atoms with Crippen molar-refractivity contribution in [3.63, 3.8) is 0 Å². The molecule has 0 spiro atoms. The van der Waals surface area contributed by atoms with Crippen molar-refractivity contribution in [1.82, 2.24) is 10.2 Å². The molecule has 2 rings (SSSR count). The Morgan fingerprint density at radius 2 is 1.91 bits per heavy atom. The van der Waals surface area contributed by atoms with Gasteiger partial charge in [-0.15, -0.1) is 0 Å². The number of hydrogen-bond acceptors (Lipinski definition) is 3. The summed E-state index contributed by atoms with van der Waals surface area (Å²) >= 11 is 0. The minimum atomic E-state index is -0.409. The van der Waals surface area contributed by atoms with Gasteiger partial charge in [0.1, 0.15) is 5.60 Å². The number of rotatable bonds is 6. The molecule has 134 valence electrons. The number of carbonyl (C=O) groups excluding carboxylic acids is 1. The van der Waals surface area contributed by atoms with E-state index in [4.69, 9.17) is 4.74 Å². The van der Waals surface area contributed by atoms with E-state index >= 15 is 0 Å². The quantitative estimate of drug-likeness (QED) is 0.745. The SMILES string of the molecule is CC1CC(C)(C)CC1NCCCN(C(=O)OC(C)(C)C)C1CC1. The highest BCUT2D eigenvalue weighted by Crippen LogP contribution is 2.40. The van der Waals surface area contributed by atoms with Crippen LogP contribution >= 0.6 is 0 Å². The number of nitrogens with zero attached hydrogens (tertiary/aromatic N) is 1. The molecule has 2 fully saturated rings. The minimum absolute atomic E-state index is 0.143. The molecular formula is C19H36N2O2. The average molecular weight is 325 g/mol. The van der Waals surface area contributed by atoms with Gasteiger partial charge >= 0.3 is 6.09 Å². The summed E-state index contributed by atoms with van der Waals surface area (Å²) in [6, 6.07) is 1.04. The monoisotopic (exact) mass is 324 g/mol. The van der Waals surface area contributed by atoms with Crippen LogP contribution in [-0.2, 0) is 4.74 Å². The summed E-state index contributed by atoms with van der Waals surface area (Å²) in [4.78, 5) is 14.3. The van der Waals surface area contributed by atoms with Crippen LogP contribution in [-0.4, -0.2) is 41.8 Å². The van der Waals surface area contributed by atoms with Gasteiger partial charge in [0.2, 0.25) is 0 Å². The van der Waals surface area contributed by atoms with Crippen LogP contribution in [0.1, 0.15) is 73.6 Å². The third-order valence-electron chi connectivity index (χ3n) is 4.93. The molecule has 1 N–H and O–H groups in total. The van der Waals surface area contributed by atoms with Crippen molar-refractivity contribution in [3.8, 4) is 0 Å². The fourth-order valence-electron chi connectivity index (χ4n) is 3.83. The third-order valence-corrected chi connectivity index (χ3v) is 4.93. The molecule has 2 saturated carbocycles. The summed E-state index contributed by atoms with van der Waals surface area (Å²) in [5.74, 6) is 0.746. The highest BCUT2D eigenvalue weighted by atomic mass is 16.6. The lowest BCUT2D eigenvalue weighted by atomic mass is 9.91. The Balaban J connectivity index is 1.72. The van der Waals surface area contributed by atoms with Crippen molar-refractivity contribution in [1.29, 1.82) is 0 Å². The highest BCUT2D eigenvalue weighted by Gasteiger charge is 2.37. The first-order valence-corrected chi connectivity index (χ1v) is 9.30. The van der Waals surface area contributed by atoms with Crippen LogP contribution in [0.25, 0.3) is 0 Å². The van der Waals surface area contributed by atoms with E-state index < -0.39 is 5.60 Å². The molecule has 0 heterocycles. The van der Waals surface area contributed by atoms with Gasteiger partial charge in [-0.3, -0.25) is 0 Å². The zero-order valence-electron chi connectivity index (χ0n) is 15.9. The average Bonchev–Trinajstić information content (AvgIpc) is 3.14. The lowest BCUT2D eigenvalue weighted by Crippen LogP contribution is -2.40. The molecule has 0 aromatic rings. The van der Waals surface area contributed by atoms with Crippen molar-refractivity contribution < 1.29 is 9.53 Å². The van der Waals surface area contributed by atoms with Gasteiger partial charge in [0.25, 0.3) is 0 Å². The molecule has 4 heteroatoms. The number of carbonyl (C=O) groups is 1. The zero-order chi connectivity index (χ0) is 17.3. The van der Waals surface area contributed by atoms with Crippen LogP contribution in [0.4, 0.5) is 4.79 Å². The maximum Gasteiger partial charge on any atom is 0.410 e. The fourth-order valence-corrected chi connectivity index (χ4v) is 3.83. The zero-order valence-corrected chi connectivity index (χ0v) is 15.9. The summed E-state index contributed by atoms with van der Waals surface area (Å²) in [7, 11) is 0. The first-order valence-electron chi connectivity index (χ1n) is 9.30. The molecule has 0 radical (unpaired) electrons. The van der Waals surface area contributed by atoms with Gasteiger partial charge in [-0.05, 0) is 70.8 Å². The van der Waals surface area contributed by atoms with Crippen molar-refractivity contribution in [2.45, 2.75) is 91.3 Å². The maximum absolute atomic E-state index is 12.3. The van der Waals surface area contributed by atoms with Gasteiger partial charge < -0.3 is 15.0 Å². The highest BCUT2D eigenvalue weighted by molar-refractivity contribution is 5.69. The van der Waals surface area contributed by atoms with Crippen LogP contribution in [0.15, 0.2) is 0 Å². The molecule has 23 heavy (non-hydrogen) atoms. The van der Waals surface area contributed by atoms with E-state index in [1.54, 1.807) is 0 Å². The second-order valence-corrected chi connectivity index (χ2v) is 9.37. The van der Waals surface area contributed by atoms with Crippen LogP contribution < -0.4 is 5.32 Å². The number of nitrogens with one attached hydrogen (secondary N) is 1. The first-order chi connectivity index (χ1) is 10.6. The summed E-state index contributed by atoms with van der Waals surface area (Å²) in [5, 5.41) is 3.71. The topological polar surface area (TPSA) is 41.6 Å². The Morgan fingerprint density at radius 1 is 1.26 bits per heavy atom. The largest absolute Gasteiger partial charge is 0.444 e. The molecule has 2 aliphatic carbocycles. The van der Waals surface area contributed by atoms with Gasteiger partial charge in [-0.2, -0.15) is 0 Å². The summed E-state index contributed by atoms with van der Waals surface area (Å²) in [6.07, 6.45) is 5.67. The van der Waals surface area contributed by atoms with Crippen LogP contribution in [0.5, 0.6) is 0 Å². The molecule has 2 atom stereocenters. The summed E-state index contributed by atoms with van der Waals surface area (Å²) in [5.41, 5.74) is 0.0565. The fraction of sp³-hybridized carbons (Fsp3) is 0.947. The van der Waals surface area contributed by atoms with Crippen LogP contribution in [0.2, 0.25) is 0 Å². The van der Waals surface area contributed by atoms with Crippen LogP contribution in [0.3, 0.4) is 0 Å². The molecule has 0 saturated heterocycles. The van der Waals surface area contributed by atoms with Gasteiger partial charge in [0, 0.05) is 18.6 Å². The Hall–Kier alpha value is -0.770. The second-order valence-electron chi connectivity index (χ2n) is 9.37. The summed E-state index contributed by atoms with van der Waals surface area (Å²) < 4.78 is 5.54. The Kier molecular flexibility index (Phi) is 5.65. The summed E-state index contributed by atoms with van der Waals surface area (Å²) in [6.45, 7) is 14.7. The maximum atomic E-state index is 12.3. The normalized spacial score (nSPS) is 27.0. The minimum Gasteiger partial charge on any atom is -0.444 e. The van der Waals surface area contributed by atoms with E-state index in [1.165, 1.54) is 12.8 Å². The lowest BCUT2D eigenvalue weighted by Gasteiger charge is -2.27. The van der Waals surface area contributed by atoms with E-state index in [2.05, 4.69) is 26.1 Å². The van der Waals surface area contributed by atoms with E-state index in [9.17, 15) is 4.79 Å². The lowest BCUT2D eigenvalue weighted by molar-refractivity contribution is 0.0231. The number of hydrogen-bond donors (Lipinski definition) is 1. The van der Waals surface area contributed by atoms with Crippen molar-refractivity contribution in [3.05, 3.63) is 0 Å². The van der Waals surface area contributed by atoms with Crippen molar-refractivity contribution in [2.24, 2.45) is 11.3 Å². The predicted molar refractivity (Wildman–Crippen MR) is 94.5 cm³/mol. The van der Waals surface area contributed by atoms with E-state index in [0.717, 1.165) is 38.3 Å². The predicted octanol–water partition coefficient (Wildman–Crippen LogP) is 4.19. The molecule has 0 bridgehead atoms. The van der Waals surface area contributed by atoms with Gasteiger partial charge in [-0.25, -0.2) is 4.79 Å². The standard InChI is InChI=1S/C19H36N2O2/c1-14-12-19(5,6)13-16(14)20-10-7-11-21(15-8-9-15)17(22)23-18(2,3)4/h14-16,20H,7-13H2,1-6H3. The molecule has 0 aromatic carbocycles. The van der Waals surface area contributed by atoms with E-state index in [-0.39, 0.29) is 6.09 Å². The molecule has 0 aliphatic heterocycles. The third kappa shape index (κ3) is 5.98. The van der Waals surface area contributed by atoms with E-state index in [1.807, 2.05) is 25.7 Å². The molecule has 1 amide bonds.